The second kappa shape index (κ2) is 8.72. The zero-order valence-corrected chi connectivity index (χ0v) is 8.87. The summed E-state index contributed by atoms with van der Waals surface area (Å²) in [5.74, 6) is 0.000185. The zero-order valence-electron chi connectivity index (χ0n) is 8.87. The Morgan fingerprint density at radius 2 is 2.36 bits per heavy atom. The number of nitrogens with two attached hydrogens (primary N) is 1. The summed E-state index contributed by atoms with van der Waals surface area (Å²) in [4.78, 5) is 13.2. The van der Waals surface area contributed by atoms with Crippen molar-refractivity contribution in [1.29, 1.82) is 0 Å². The van der Waals surface area contributed by atoms with Gasteiger partial charge in [-0.3, -0.25) is 4.79 Å². The van der Waals surface area contributed by atoms with Crippen LogP contribution < -0.4 is 5.73 Å². The highest BCUT2D eigenvalue weighted by molar-refractivity contribution is 5.77. The van der Waals surface area contributed by atoms with Crippen molar-refractivity contribution in [3.05, 3.63) is 12.7 Å². The molecule has 0 fully saturated rings. The Labute approximate surface area is 85.7 Å². The van der Waals surface area contributed by atoms with Crippen LogP contribution in [0.3, 0.4) is 0 Å². The van der Waals surface area contributed by atoms with E-state index in [1.807, 2.05) is 6.92 Å². The lowest BCUT2D eigenvalue weighted by Crippen LogP contribution is -2.35. The minimum Gasteiger partial charge on any atom is -0.370 e. The number of hydrogen-bond donors (Lipinski definition) is 1. The highest BCUT2D eigenvalue weighted by atomic mass is 16.5. The van der Waals surface area contributed by atoms with Gasteiger partial charge in [-0.15, -0.1) is 6.58 Å². The second-order valence-electron chi connectivity index (χ2n) is 2.97. The predicted molar refractivity (Wildman–Crippen MR) is 56.9 cm³/mol. The fourth-order valence-electron chi connectivity index (χ4n) is 1.08. The van der Waals surface area contributed by atoms with E-state index in [1.165, 1.54) is 0 Å². The van der Waals surface area contributed by atoms with Crippen LogP contribution in [0.15, 0.2) is 12.7 Å². The van der Waals surface area contributed by atoms with Crippen molar-refractivity contribution < 1.29 is 9.53 Å². The number of ether oxygens (including phenoxy) is 1. The average Bonchev–Trinajstić information content (AvgIpc) is 2.18. The van der Waals surface area contributed by atoms with Gasteiger partial charge in [-0.1, -0.05) is 13.0 Å². The number of hydrogen-bond acceptors (Lipinski definition) is 3. The normalized spacial score (nSPS) is 9.86. The Morgan fingerprint density at radius 1 is 1.64 bits per heavy atom. The molecular weight excluding hydrogens is 180 g/mol. The van der Waals surface area contributed by atoms with E-state index in [-0.39, 0.29) is 12.5 Å². The van der Waals surface area contributed by atoms with E-state index < -0.39 is 0 Å². The van der Waals surface area contributed by atoms with Gasteiger partial charge in [0, 0.05) is 19.6 Å². The van der Waals surface area contributed by atoms with Crippen molar-refractivity contribution >= 4 is 5.91 Å². The predicted octanol–water partition coefficient (Wildman–Crippen LogP) is 0.386. The van der Waals surface area contributed by atoms with Gasteiger partial charge in [0.15, 0.2) is 0 Å². The molecule has 0 rings (SSSR count). The lowest BCUT2D eigenvalue weighted by Gasteiger charge is -2.20. The summed E-state index contributed by atoms with van der Waals surface area (Å²) >= 11 is 0. The molecule has 0 heterocycles. The summed E-state index contributed by atoms with van der Waals surface area (Å²) in [7, 11) is 0. The van der Waals surface area contributed by atoms with Crippen molar-refractivity contribution in [2.75, 3.05) is 32.8 Å². The minimum atomic E-state index is 0.000185. The molecule has 0 unspecified atom stereocenters. The first kappa shape index (κ1) is 13.1. The van der Waals surface area contributed by atoms with Gasteiger partial charge in [0.25, 0.3) is 0 Å². The largest absolute Gasteiger partial charge is 0.370 e. The van der Waals surface area contributed by atoms with Crippen LogP contribution in [0.4, 0.5) is 0 Å². The third-order valence-electron chi connectivity index (χ3n) is 1.68. The maximum absolute atomic E-state index is 11.5. The van der Waals surface area contributed by atoms with Gasteiger partial charge in [0.1, 0.15) is 6.61 Å². The molecule has 0 aliphatic rings. The molecule has 0 spiro atoms. The molecule has 14 heavy (non-hydrogen) atoms. The third-order valence-corrected chi connectivity index (χ3v) is 1.68. The number of amides is 1. The zero-order chi connectivity index (χ0) is 10.8. The minimum absolute atomic E-state index is 0.000185. The quantitative estimate of drug-likeness (QED) is 0.455. The van der Waals surface area contributed by atoms with E-state index in [2.05, 4.69) is 6.58 Å². The van der Waals surface area contributed by atoms with Crippen LogP contribution in [0.25, 0.3) is 0 Å². The topological polar surface area (TPSA) is 55.6 Å². The van der Waals surface area contributed by atoms with Gasteiger partial charge in [-0.05, 0) is 6.42 Å². The summed E-state index contributed by atoms with van der Waals surface area (Å²) in [5, 5.41) is 0. The van der Waals surface area contributed by atoms with E-state index in [1.54, 1.807) is 11.0 Å². The molecule has 1 amide bonds. The first-order chi connectivity index (χ1) is 6.76. The number of carbonyl (C=O) groups is 1. The van der Waals surface area contributed by atoms with E-state index >= 15 is 0 Å². The molecule has 0 aromatic rings. The Hall–Kier alpha value is -0.870. The molecular formula is C10H20N2O2. The lowest BCUT2D eigenvalue weighted by molar-refractivity contribution is -0.135. The molecule has 0 bridgehead atoms. The summed E-state index contributed by atoms with van der Waals surface area (Å²) in [6.45, 7) is 7.96. The van der Waals surface area contributed by atoms with Crippen LogP contribution in [0.2, 0.25) is 0 Å². The highest BCUT2D eigenvalue weighted by Crippen LogP contribution is 1.94. The van der Waals surface area contributed by atoms with E-state index in [4.69, 9.17) is 10.5 Å². The van der Waals surface area contributed by atoms with Gasteiger partial charge in [0.2, 0.25) is 5.91 Å². The molecule has 2 N–H and O–H groups in total. The first-order valence-corrected chi connectivity index (χ1v) is 4.92. The molecule has 0 aliphatic heterocycles. The number of rotatable bonds is 8. The van der Waals surface area contributed by atoms with E-state index in [9.17, 15) is 4.79 Å². The molecule has 0 aliphatic carbocycles. The molecule has 0 radical (unpaired) electrons. The van der Waals surface area contributed by atoms with Gasteiger partial charge in [0.05, 0.1) is 6.61 Å². The Balaban J connectivity index is 3.81. The highest BCUT2D eigenvalue weighted by Gasteiger charge is 2.10. The number of nitrogens with zero attached hydrogens (tertiary/aromatic N) is 1. The Morgan fingerprint density at radius 3 is 2.86 bits per heavy atom. The number of carbonyl (C=O) groups excluding carboxylic acids is 1. The third kappa shape index (κ3) is 5.72. The van der Waals surface area contributed by atoms with Crippen molar-refractivity contribution in [3.8, 4) is 0 Å². The smallest absolute Gasteiger partial charge is 0.248 e. The molecule has 4 heteroatoms. The summed E-state index contributed by atoms with van der Waals surface area (Å²) < 4.78 is 5.07. The SMILES string of the molecule is C=CCN(CCC)C(=O)COCCN. The summed E-state index contributed by atoms with van der Waals surface area (Å²) in [6, 6.07) is 0. The molecule has 0 aromatic carbocycles. The maximum atomic E-state index is 11.5. The maximum Gasteiger partial charge on any atom is 0.248 e. The van der Waals surface area contributed by atoms with E-state index in [0.29, 0.717) is 19.7 Å². The molecule has 82 valence electrons. The van der Waals surface area contributed by atoms with Crippen molar-refractivity contribution in [2.45, 2.75) is 13.3 Å². The van der Waals surface area contributed by atoms with Gasteiger partial charge in [-0.2, -0.15) is 0 Å². The van der Waals surface area contributed by atoms with Crippen molar-refractivity contribution in [3.63, 3.8) is 0 Å². The van der Waals surface area contributed by atoms with Crippen LogP contribution in [0, 0.1) is 0 Å². The van der Waals surface area contributed by atoms with Gasteiger partial charge < -0.3 is 15.4 Å². The van der Waals surface area contributed by atoms with Gasteiger partial charge in [-0.25, -0.2) is 0 Å². The van der Waals surface area contributed by atoms with Crippen molar-refractivity contribution in [2.24, 2.45) is 5.73 Å². The fourth-order valence-corrected chi connectivity index (χ4v) is 1.08. The van der Waals surface area contributed by atoms with Crippen molar-refractivity contribution in [1.82, 2.24) is 4.90 Å². The Kier molecular flexibility index (Phi) is 8.17. The monoisotopic (exact) mass is 200 g/mol. The molecule has 0 aromatic heterocycles. The van der Waals surface area contributed by atoms with Crippen LogP contribution >= 0.6 is 0 Å². The summed E-state index contributed by atoms with van der Waals surface area (Å²) in [6.07, 6.45) is 2.66. The van der Waals surface area contributed by atoms with E-state index in [0.717, 1.165) is 13.0 Å². The van der Waals surface area contributed by atoms with Gasteiger partial charge >= 0.3 is 0 Å². The van der Waals surface area contributed by atoms with Crippen LogP contribution in [-0.4, -0.2) is 43.7 Å². The summed E-state index contributed by atoms with van der Waals surface area (Å²) in [5.41, 5.74) is 5.24. The fraction of sp³-hybridized carbons (Fsp3) is 0.700. The van der Waals surface area contributed by atoms with Crippen LogP contribution in [0.1, 0.15) is 13.3 Å². The molecule has 4 nitrogen and oxygen atoms in total. The first-order valence-electron chi connectivity index (χ1n) is 4.92. The molecule has 0 saturated carbocycles. The van der Waals surface area contributed by atoms with Crippen LogP contribution in [0.5, 0.6) is 0 Å². The average molecular weight is 200 g/mol. The molecule has 0 saturated heterocycles. The lowest BCUT2D eigenvalue weighted by atomic mass is 10.4. The standard InChI is InChI=1S/C10H20N2O2/c1-3-6-12(7-4-2)10(13)9-14-8-5-11/h3H,1,4-9,11H2,2H3. The second-order valence-corrected chi connectivity index (χ2v) is 2.97. The molecule has 0 atom stereocenters. The Bertz CT molecular complexity index is 172. The van der Waals surface area contributed by atoms with Crippen LogP contribution in [-0.2, 0) is 9.53 Å².